The fourth-order valence-corrected chi connectivity index (χ4v) is 8.77. The van der Waals surface area contributed by atoms with Gasteiger partial charge in [-0.2, -0.15) is 4.73 Å². The molecule has 304 valence electrons. The van der Waals surface area contributed by atoms with Crippen molar-refractivity contribution in [1.29, 1.82) is 0 Å². The molecule has 6 heterocycles. The van der Waals surface area contributed by atoms with E-state index < -0.39 is 45.0 Å². The Balaban J connectivity index is 0.00000227. The van der Waals surface area contributed by atoms with Crippen LogP contribution < -0.4 is 93.4 Å². The summed E-state index contributed by atoms with van der Waals surface area (Å²) in [6.07, 6.45) is 9.71. The maximum atomic E-state index is 12.2. The second kappa shape index (κ2) is 19.0. The molecule has 15 nitrogen and oxygen atoms in total. The molecule has 0 saturated carbocycles. The molecule has 0 atom stereocenters. The van der Waals surface area contributed by atoms with Gasteiger partial charge in [0.25, 0.3) is 0 Å². The van der Waals surface area contributed by atoms with Crippen molar-refractivity contribution in [3.63, 3.8) is 0 Å². The molecule has 0 aliphatic carbocycles. The van der Waals surface area contributed by atoms with E-state index >= 15 is 0 Å². The number of nitrogens with one attached hydrogen (secondary N) is 2. The molecule has 4 aromatic heterocycles. The van der Waals surface area contributed by atoms with E-state index in [1.54, 1.807) is 54.6 Å². The first kappa shape index (κ1) is 49.4. The Morgan fingerprint density at radius 3 is 0.844 bits per heavy atom. The number of rotatable bonds is 7. The quantitative estimate of drug-likeness (QED) is 0.0740. The Morgan fingerprint density at radius 2 is 0.609 bits per heavy atom. The van der Waals surface area contributed by atoms with Crippen LogP contribution >= 0.6 is 0 Å². The molecule has 0 saturated heterocycles. The van der Waals surface area contributed by atoms with E-state index in [1.807, 2.05) is 6.07 Å². The minimum atomic E-state index is -4.78. The van der Waals surface area contributed by atoms with Gasteiger partial charge < -0.3 is 28.8 Å². The average molecular weight is 938 g/mol. The number of fused-ring (bicyclic) bond motifs is 8. The fraction of sp³-hybridized carbons (Fsp3) is 0. The molecule has 0 amide bonds. The third-order valence-electron chi connectivity index (χ3n) is 10.1. The smallest absolute Gasteiger partial charge is 0.744 e. The summed E-state index contributed by atoms with van der Waals surface area (Å²) < 4.78 is 108. The largest absolute Gasteiger partial charge is 1.00 e. The van der Waals surface area contributed by atoms with E-state index in [0.717, 1.165) is 0 Å². The van der Waals surface area contributed by atoms with Crippen molar-refractivity contribution in [2.75, 3.05) is 0 Å². The maximum absolute atomic E-state index is 12.2. The summed E-state index contributed by atoms with van der Waals surface area (Å²) in [4.78, 5) is 15.7. The van der Waals surface area contributed by atoms with Gasteiger partial charge in [0, 0.05) is 56.5 Å². The average Bonchev–Trinajstić information content (AvgIpc) is 4.06. The van der Waals surface area contributed by atoms with Gasteiger partial charge in [-0.1, -0.05) is 36.4 Å². The molecule has 3 aromatic carbocycles. The third kappa shape index (κ3) is 9.87. The fourth-order valence-electron chi connectivity index (χ4n) is 7.36. The van der Waals surface area contributed by atoms with Crippen LogP contribution in [0.2, 0.25) is 0 Å². The van der Waals surface area contributed by atoms with Crippen LogP contribution in [0.3, 0.4) is 0 Å². The van der Waals surface area contributed by atoms with Crippen molar-refractivity contribution < 1.29 is 132 Å². The molecule has 0 fully saturated rings. The molecule has 2 N–H and O–H groups in total. The van der Waals surface area contributed by atoms with Gasteiger partial charge in [0.15, 0.2) is 12.4 Å². The Labute approximate surface area is 432 Å². The topological polar surface area (TPSA) is 256 Å². The van der Waals surface area contributed by atoms with Crippen LogP contribution in [0.25, 0.3) is 90.9 Å². The van der Waals surface area contributed by atoms with Gasteiger partial charge in [-0.05, 0) is 107 Å². The standard InChI is InChI=1S/C43H29N5O10S3.3Na/c49-48-23-21-28(22-24-48)43-38-19-17-36(46-38)41(26-3-9-30(10-4-26)60(53,54)55)34-15-13-32(44-34)40(25-1-7-29(8-2-25)59(50,51)52)33-14-16-35(45-33)42(37-18-20-39(43)47-37)27-5-11-31(12-6-27)61(56,57)58;;;/h1-24,44,47H,(H,50,51,52)(H,53,54,55)(H,56,57,58);;;/q;3*+1/p-3. The predicted octanol–water partition coefficient (Wildman–Crippen LogP) is -2.32. The zero-order chi connectivity index (χ0) is 42.8. The molecule has 7 aromatic rings. The minimum absolute atomic E-state index is 0. The second-order valence-corrected chi connectivity index (χ2v) is 18.0. The van der Waals surface area contributed by atoms with Gasteiger partial charge in [-0.3, -0.25) is 0 Å². The molecular formula is C43H26N5Na3O10S3. The zero-order valence-electron chi connectivity index (χ0n) is 34.0. The van der Waals surface area contributed by atoms with Crippen molar-refractivity contribution in [2.45, 2.75) is 14.7 Å². The number of hydrogen-bond acceptors (Lipinski definition) is 12. The van der Waals surface area contributed by atoms with Crippen LogP contribution in [0, 0.1) is 5.21 Å². The second-order valence-electron chi connectivity index (χ2n) is 13.9. The van der Waals surface area contributed by atoms with Gasteiger partial charge in [0.2, 0.25) is 0 Å². The first-order valence-electron chi connectivity index (χ1n) is 18.1. The van der Waals surface area contributed by atoms with Crippen LogP contribution in [-0.2, 0) is 30.4 Å². The Bertz CT molecular complexity index is 3470. The van der Waals surface area contributed by atoms with Crippen LogP contribution in [0.15, 0.2) is 136 Å². The Kier molecular flexibility index (Phi) is 14.7. The third-order valence-corrected chi connectivity index (χ3v) is 12.7. The maximum Gasteiger partial charge on any atom is 1.00 e. The van der Waals surface area contributed by atoms with Crippen molar-refractivity contribution in [1.82, 2.24) is 19.9 Å². The summed E-state index contributed by atoms with van der Waals surface area (Å²) in [7, 11) is -14.3. The summed E-state index contributed by atoms with van der Waals surface area (Å²) >= 11 is 0. The molecule has 0 spiro atoms. The normalized spacial score (nSPS) is 12.2. The summed E-state index contributed by atoms with van der Waals surface area (Å²) in [6, 6.07) is 26.5. The van der Waals surface area contributed by atoms with Gasteiger partial charge in [-0.25, -0.2) is 35.2 Å². The Hall–Kier alpha value is -4.06. The van der Waals surface area contributed by atoms with E-state index in [2.05, 4.69) is 9.97 Å². The Morgan fingerprint density at radius 1 is 0.375 bits per heavy atom. The monoisotopic (exact) mass is 937 g/mol. The molecule has 21 heteroatoms. The van der Waals surface area contributed by atoms with Gasteiger partial charge in [0.1, 0.15) is 30.4 Å². The van der Waals surface area contributed by atoms with Crippen molar-refractivity contribution in [3.05, 3.63) is 150 Å². The molecule has 64 heavy (non-hydrogen) atoms. The molecular weight excluding hydrogens is 912 g/mol. The van der Waals surface area contributed by atoms with Gasteiger partial charge in [-0.15, -0.1) is 0 Å². The SMILES string of the molecule is O=S(=O)([O-])c1ccc(-c2c3nc(c(-c4ccc(S(=O)(=O)[O-])cc4)c4ccc([nH]4)c(-c4cc[n+]([O-])cc4)c4nc(c(-c5ccc(S(=O)(=O)[O-])cc5)c5ccc2[nH]5)C=C4)C=C3)cc1.[Na+].[Na+].[Na+]. The summed E-state index contributed by atoms with van der Waals surface area (Å²) in [5.74, 6) is 0. The first-order chi connectivity index (χ1) is 29.0. The zero-order valence-corrected chi connectivity index (χ0v) is 42.5. The molecule has 2 aliphatic heterocycles. The first-order valence-corrected chi connectivity index (χ1v) is 22.3. The minimum Gasteiger partial charge on any atom is -0.744 e. The van der Waals surface area contributed by atoms with E-state index in [1.165, 1.54) is 85.2 Å². The number of benzene rings is 3. The molecule has 2 aliphatic rings. The van der Waals surface area contributed by atoms with Crippen molar-refractivity contribution in [3.8, 4) is 44.5 Å². The number of aromatic amines is 2. The van der Waals surface area contributed by atoms with Crippen LogP contribution in [0.1, 0.15) is 22.8 Å². The predicted molar refractivity (Wildman–Crippen MR) is 223 cm³/mol. The molecule has 0 unspecified atom stereocenters. The number of hydrogen-bond donors (Lipinski definition) is 2. The molecule has 9 rings (SSSR count). The summed E-state index contributed by atoms with van der Waals surface area (Å²) in [5, 5.41) is 12.2. The molecule has 8 bridgehead atoms. The van der Waals surface area contributed by atoms with Crippen molar-refractivity contribution >= 4 is 76.7 Å². The van der Waals surface area contributed by atoms with Gasteiger partial charge in [0.05, 0.1) is 37.5 Å². The van der Waals surface area contributed by atoms with E-state index in [0.29, 0.717) is 94.1 Å². The van der Waals surface area contributed by atoms with Crippen LogP contribution in [0.5, 0.6) is 0 Å². The van der Waals surface area contributed by atoms with Crippen LogP contribution in [0.4, 0.5) is 0 Å². The number of aromatic nitrogens is 5. The summed E-state index contributed by atoms with van der Waals surface area (Å²) in [5.41, 5.74) is 8.00. The number of H-pyrrole nitrogens is 2. The van der Waals surface area contributed by atoms with Gasteiger partial charge >= 0.3 is 88.7 Å². The van der Waals surface area contributed by atoms with E-state index in [4.69, 9.17) is 9.97 Å². The molecule has 0 radical (unpaired) electrons. The summed E-state index contributed by atoms with van der Waals surface area (Å²) in [6.45, 7) is 0. The van der Waals surface area contributed by atoms with Crippen molar-refractivity contribution in [2.24, 2.45) is 0 Å². The van der Waals surface area contributed by atoms with Crippen LogP contribution in [-0.4, -0.2) is 58.8 Å². The van der Waals surface area contributed by atoms with E-state index in [9.17, 15) is 44.1 Å². The van der Waals surface area contributed by atoms with E-state index in [-0.39, 0.29) is 88.7 Å². The number of nitrogens with zero attached hydrogens (tertiary/aromatic N) is 3. The number of pyridine rings is 1.